The summed E-state index contributed by atoms with van der Waals surface area (Å²) >= 11 is 0. The number of sulfone groups is 1. The van der Waals surface area contributed by atoms with Gasteiger partial charge in [0.25, 0.3) is 5.91 Å². The van der Waals surface area contributed by atoms with Gasteiger partial charge in [-0.3, -0.25) is 4.79 Å². The Hall–Kier alpha value is -2.71. The van der Waals surface area contributed by atoms with Crippen molar-refractivity contribution < 1.29 is 23.1 Å². The number of carboxylic acids is 1. The van der Waals surface area contributed by atoms with Crippen LogP contribution in [0.3, 0.4) is 0 Å². The summed E-state index contributed by atoms with van der Waals surface area (Å²) in [5.41, 5.74) is 4.20. The van der Waals surface area contributed by atoms with E-state index in [9.17, 15) is 23.1 Å². The fourth-order valence-electron chi connectivity index (χ4n) is 5.57. The molecule has 0 saturated heterocycles. The zero-order valence-corrected chi connectivity index (χ0v) is 25.1. The van der Waals surface area contributed by atoms with Gasteiger partial charge >= 0.3 is 5.97 Å². The molecule has 2 atom stereocenters. The molecule has 2 aromatic rings. The van der Waals surface area contributed by atoms with Crippen LogP contribution in [0.25, 0.3) is 11.1 Å². The van der Waals surface area contributed by atoms with Crippen molar-refractivity contribution in [2.24, 2.45) is 0 Å². The van der Waals surface area contributed by atoms with E-state index in [1.165, 1.54) is 44.9 Å². The minimum Gasteiger partial charge on any atom is -0.480 e. The first-order chi connectivity index (χ1) is 19.1. The van der Waals surface area contributed by atoms with Crippen LogP contribution in [-0.4, -0.2) is 55.5 Å². The predicted octanol–water partition coefficient (Wildman–Crippen LogP) is 5.69. The molecule has 3 rings (SSSR count). The van der Waals surface area contributed by atoms with E-state index in [1.54, 1.807) is 6.07 Å². The molecule has 8 heteroatoms. The number of hydrogen-bond acceptors (Lipinski definition) is 5. The minimum atomic E-state index is -3.36. The molecule has 1 aliphatic rings. The molecule has 1 aliphatic carbocycles. The van der Waals surface area contributed by atoms with Gasteiger partial charge in [-0.15, -0.1) is 0 Å². The zero-order chi connectivity index (χ0) is 29.1. The second-order valence-electron chi connectivity index (χ2n) is 11.4. The molecule has 0 heterocycles. The molecule has 0 spiro atoms. The van der Waals surface area contributed by atoms with Gasteiger partial charge in [0.15, 0.2) is 0 Å². The van der Waals surface area contributed by atoms with Gasteiger partial charge in [-0.2, -0.15) is 0 Å². The van der Waals surface area contributed by atoms with Crippen LogP contribution >= 0.6 is 0 Å². The van der Waals surface area contributed by atoms with Crippen LogP contribution in [0.5, 0.6) is 0 Å². The summed E-state index contributed by atoms with van der Waals surface area (Å²) in [5, 5.41) is 16.1. The van der Waals surface area contributed by atoms with Crippen molar-refractivity contribution in [1.29, 1.82) is 0 Å². The van der Waals surface area contributed by atoms with Crippen LogP contribution < -0.4 is 10.6 Å². The molecular weight excluding hydrogens is 524 g/mol. The minimum absolute atomic E-state index is 0.190. The topological polar surface area (TPSA) is 113 Å². The third-order valence-corrected chi connectivity index (χ3v) is 8.89. The van der Waals surface area contributed by atoms with Gasteiger partial charge in [0, 0.05) is 23.9 Å². The number of carboxylic acid groups (broad SMARTS) is 1. The SMILES string of the molecule is CCCCC(CCc1ccc(C(=O)N[C@@H](CCS(C)(=O)=O)C(=O)O)c(-c2ccccc2C)c1)NC1CCCCC1. The normalized spacial score (nSPS) is 15.9. The maximum absolute atomic E-state index is 13.4. The standard InChI is InChI=1S/C32H46N2O5S/c1-4-5-12-26(33-25-13-7-6-8-14-25)18-16-24-17-19-28(29(22-24)27-15-10-9-11-23(27)2)31(35)34-30(32(36)37)20-21-40(3,38)39/h9-11,15,17,19,22,25-26,30,33H,4-8,12-14,16,18,20-21H2,1-3H3,(H,34,35)(H,36,37)/t26?,30-/m0/s1. The predicted molar refractivity (Wildman–Crippen MR) is 161 cm³/mol. The Kier molecular flexibility index (Phi) is 12.2. The van der Waals surface area contributed by atoms with Crippen LogP contribution in [0.4, 0.5) is 0 Å². The van der Waals surface area contributed by atoms with Crippen molar-refractivity contribution in [1.82, 2.24) is 10.6 Å². The molecule has 2 aromatic carbocycles. The first-order valence-electron chi connectivity index (χ1n) is 14.7. The van der Waals surface area contributed by atoms with E-state index in [1.807, 2.05) is 37.3 Å². The summed E-state index contributed by atoms with van der Waals surface area (Å²) in [6, 6.07) is 13.4. The van der Waals surface area contributed by atoms with Crippen molar-refractivity contribution in [2.75, 3.05) is 12.0 Å². The summed E-state index contributed by atoms with van der Waals surface area (Å²) in [7, 11) is -3.36. The number of unbranched alkanes of at least 4 members (excludes halogenated alkanes) is 1. The molecule has 7 nitrogen and oxygen atoms in total. The molecule has 0 aliphatic heterocycles. The van der Waals surface area contributed by atoms with E-state index in [2.05, 4.69) is 23.6 Å². The number of hydrogen-bond donors (Lipinski definition) is 3. The van der Waals surface area contributed by atoms with Crippen LogP contribution in [-0.2, 0) is 21.1 Å². The number of nitrogens with one attached hydrogen (secondary N) is 2. The number of rotatable bonds is 15. The van der Waals surface area contributed by atoms with E-state index in [-0.39, 0.29) is 12.2 Å². The number of aliphatic carboxylic acids is 1. The average Bonchev–Trinajstić information content (AvgIpc) is 2.92. The largest absolute Gasteiger partial charge is 0.480 e. The highest BCUT2D eigenvalue weighted by Crippen LogP contribution is 2.29. The van der Waals surface area contributed by atoms with Crippen molar-refractivity contribution in [2.45, 2.75) is 103 Å². The van der Waals surface area contributed by atoms with Crippen molar-refractivity contribution in [3.8, 4) is 11.1 Å². The Morgan fingerprint density at radius 1 is 1.00 bits per heavy atom. The van der Waals surface area contributed by atoms with E-state index >= 15 is 0 Å². The quantitative estimate of drug-likeness (QED) is 0.253. The molecule has 1 saturated carbocycles. The van der Waals surface area contributed by atoms with Crippen molar-refractivity contribution in [3.63, 3.8) is 0 Å². The summed E-state index contributed by atoms with van der Waals surface area (Å²) < 4.78 is 23.2. The summed E-state index contributed by atoms with van der Waals surface area (Å²) in [6.45, 7) is 4.22. The Balaban J connectivity index is 1.83. The Morgan fingerprint density at radius 2 is 1.73 bits per heavy atom. The second kappa shape index (κ2) is 15.3. The molecule has 0 bridgehead atoms. The van der Waals surface area contributed by atoms with E-state index in [4.69, 9.17) is 0 Å². The van der Waals surface area contributed by atoms with Gasteiger partial charge < -0.3 is 15.7 Å². The van der Waals surface area contributed by atoms with E-state index in [0.29, 0.717) is 17.6 Å². The van der Waals surface area contributed by atoms with Gasteiger partial charge in [-0.25, -0.2) is 13.2 Å². The number of amides is 1. The molecule has 40 heavy (non-hydrogen) atoms. The van der Waals surface area contributed by atoms with Crippen molar-refractivity contribution in [3.05, 3.63) is 59.2 Å². The summed E-state index contributed by atoms with van der Waals surface area (Å²) in [6.07, 6.45) is 12.7. The van der Waals surface area contributed by atoms with Gasteiger partial charge in [0.05, 0.1) is 5.75 Å². The maximum Gasteiger partial charge on any atom is 0.326 e. The monoisotopic (exact) mass is 570 g/mol. The third-order valence-electron chi connectivity index (χ3n) is 7.91. The summed E-state index contributed by atoms with van der Waals surface area (Å²) in [4.78, 5) is 25.2. The van der Waals surface area contributed by atoms with Gasteiger partial charge in [0.1, 0.15) is 15.9 Å². The maximum atomic E-state index is 13.4. The van der Waals surface area contributed by atoms with Crippen LogP contribution in [0.2, 0.25) is 0 Å². The molecule has 220 valence electrons. The Bertz CT molecular complexity index is 1240. The number of carbonyl (C=O) groups is 2. The molecular formula is C32H46N2O5S. The molecule has 3 N–H and O–H groups in total. The fraction of sp³-hybridized carbons (Fsp3) is 0.562. The van der Waals surface area contributed by atoms with Gasteiger partial charge in [-0.05, 0) is 73.8 Å². The highest BCUT2D eigenvalue weighted by atomic mass is 32.2. The lowest BCUT2D eigenvalue weighted by Gasteiger charge is -2.29. The van der Waals surface area contributed by atoms with Crippen molar-refractivity contribution >= 4 is 21.7 Å². The molecule has 1 unspecified atom stereocenters. The highest BCUT2D eigenvalue weighted by molar-refractivity contribution is 7.90. The molecule has 1 fully saturated rings. The molecule has 0 radical (unpaired) electrons. The fourth-order valence-corrected chi connectivity index (χ4v) is 6.24. The lowest BCUT2D eigenvalue weighted by molar-refractivity contribution is -0.139. The summed E-state index contributed by atoms with van der Waals surface area (Å²) in [5.74, 6) is -2.10. The van der Waals surface area contributed by atoms with E-state index in [0.717, 1.165) is 47.8 Å². The lowest BCUT2D eigenvalue weighted by atomic mass is 9.91. The van der Waals surface area contributed by atoms with E-state index < -0.39 is 27.8 Å². The van der Waals surface area contributed by atoms with Gasteiger partial charge in [0.2, 0.25) is 0 Å². The van der Waals surface area contributed by atoms with Crippen LogP contribution in [0.1, 0.15) is 92.6 Å². The Labute approximate surface area is 240 Å². The molecule has 1 amide bonds. The highest BCUT2D eigenvalue weighted by Gasteiger charge is 2.24. The first-order valence-corrected chi connectivity index (χ1v) is 16.8. The lowest BCUT2D eigenvalue weighted by Crippen LogP contribution is -2.42. The average molecular weight is 571 g/mol. The molecule has 0 aromatic heterocycles. The van der Waals surface area contributed by atoms with Gasteiger partial charge in [-0.1, -0.05) is 75.4 Å². The zero-order valence-electron chi connectivity index (χ0n) is 24.2. The third kappa shape index (κ3) is 10.0. The smallest absolute Gasteiger partial charge is 0.326 e. The number of carbonyl (C=O) groups excluding carboxylic acids is 1. The Morgan fingerprint density at radius 3 is 2.38 bits per heavy atom. The van der Waals surface area contributed by atoms with Crippen LogP contribution in [0, 0.1) is 6.92 Å². The second-order valence-corrected chi connectivity index (χ2v) is 13.6. The number of benzene rings is 2. The first kappa shape index (κ1) is 31.8. The number of aryl methyl sites for hydroxylation is 2. The van der Waals surface area contributed by atoms with Crippen LogP contribution in [0.15, 0.2) is 42.5 Å².